The predicted molar refractivity (Wildman–Crippen MR) is 74.5 cm³/mol. The maximum absolute atomic E-state index is 12.5. The minimum absolute atomic E-state index is 0.0818. The summed E-state index contributed by atoms with van der Waals surface area (Å²) in [6.45, 7) is 4.24. The number of carboxylic acids is 2. The van der Waals surface area contributed by atoms with Crippen LogP contribution < -0.4 is 0 Å². The normalized spacial score (nSPS) is 29.0. The highest BCUT2D eigenvalue weighted by molar-refractivity contribution is 6.00. The Balaban J connectivity index is 2.26. The van der Waals surface area contributed by atoms with Crippen molar-refractivity contribution in [2.45, 2.75) is 32.7 Å². The Morgan fingerprint density at radius 2 is 2.14 bits per heavy atom. The summed E-state index contributed by atoms with van der Waals surface area (Å²) < 4.78 is 0. The van der Waals surface area contributed by atoms with Crippen molar-refractivity contribution >= 4 is 17.8 Å². The topological polar surface area (TPSA) is 94.9 Å². The molecule has 2 N–H and O–H groups in total. The van der Waals surface area contributed by atoms with Gasteiger partial charge >= 0.3 is 11.9 Å². The lowest BCUT2D eigenvalue weighted by molar-refractivity contribution is -0.149. The largest absolute Gasteiger partial charge is 0.481 e. The van der Waals surface area contributed by atoms with Gasteiger partial charge in [-0.3, -0.25) is 9.59 Å². The van der Waals surface area contributed by atoms with Crippen LogP contribution in [0.3, 0.4) is 0 Å². The number of aliphatic carboxylic acids is 2. The number of amides is 1. The van der Waals surface area contributed by atoms with Crippen molar-refractivity contribution in [2.24, 2.45) is 11.3 Å². The monoisotopic (exact) mass is 293 g/mol. The molecule has 1 saturated heterocycles. The van der Waals surface area contributed by atoms with Crippen molar-refractivity contribution in [2.75, 3.05) is 6.54 Å². The summed E-state index contributed by atoms with van der Waals surface area (Å²) in [4.78, 5) is 35.9. The van der Waals surface area contributed by atoms with Gasteiger partial charge in [-0.2, -0.15) is 0 Å². The van der Waals surface area contributed by atoms with Gasteiger partial charge in [-0.05, 0) is 12.3 Å². The van der Waals surface area contributed by atoms with Crippen molar-refractivity contribution in [3.05, 3.63) is 23.8 Å². The van der Waals surface area contributed by atoms with E-state index in [9.17, 15) is 19.5 Å². The second-order valence-electron chi connectivity index (χ2n) is 5.89. The van der Waals surface area contributed by atoms with Crippen LogP contribution in [0.4, 0.5) is 0 Å². The first-order chi connectivity index (χ1) is 9.77. The van der Waals surface area contributed by atoms with Crippen LogP contribution in [0, 0.1) is 11.3 Å². The number of allylic oxidation sites excluding steroid dienone is 3. The first kappa shape index (κ1) is 15.3. The number of nitrogens with zero attached hydrogens (tertiary/aromatic N) is 1. The van der Waals surface area contributed by atoms with E-state index in [1.807, 2.05) is 26.0 Å². The van der Waals surface area contributed by atoms with Gasteiger partial charge in [0.2, 0.25) is 0 Å². The minimum atomic E-state index is -1.16. The third-order valence-electron chi connectivity index (χ3n) is 4.57. The van der Waals surface area contributed by atoms with Crippen LogP contribution in [0.15, 0.2) is 23.8 Å². The fourth-order valence-electron chi connectivity index (χ4n) is 3.02. The number of fused-ring (bicyclic) bond motifs is 1. The molecule has 6 nitrogen and oxygen atoms in total. The summed E-state index contributed by atoms with van der Waals surface area (Å²) in [6, 6.07) is -1.09. The molecule has 1 aliphatic carbocycles. The van der Waals surface area contributed by atoms with E-state index < -0.39 is 23.4 Å². The van der Waals surface area contributed by atoms with Crippen molar-refractivity contribution in [1.82, 2.24) is 4.90 Å². The standard InChI is InChI=1S/C15H19NO5/c1-9-4-3-5-10-13(19)16(8-15(9,10)2)11(14(20)21)6-7-12(17)18/h3-5,9,11H,6-8H2,1-2H3,(H,17,18)(H,20,21). The fraction of sp³-hybridized carbons (Fsp3) is 0.533. The van der Waals surface area contributed by atoms with E-state index >= 15 is 0 Å². The molecule has 2 aliphatic rings. The van der Waals surface area contributed by atoms with Crippen molar-refractivity contribution in [3.8, 4) is 0 Å². The van der Waals surface area contributed by atoms with Gasteiger partial charge in [0.15, 0.2) is 0 Å². The molecule has 114 valence electrons. The highest BCUT2D eigenvalue weighted by atomic mass is 16.4. The molecular weight excluding hydrogens is 274 g/mol. The molecule has 6 heteroatoms. The molecule has 1 fully saturated rings. The van der Waals surface area contributed by atoms with Gasteiger partial charge in [-0.25, -0.2) is 4.79 Å². The molecule has 0 aromatic carbocycles. The summed E-state index contributed by atoms with van der Waals surface area (Å²) >= 11 is 0. The number of carbonyl (C=O) groups is 3. The van der Waals surface area contributed by atoms with Crippen LogP contribution in [0.25, 0.3) is 0 Å². The molecule has 0 saturated carbocycles. The summed E-state index contributed by atoms with van der Waals surface area (Å²) in [5.41, 5.74) is 0.196. The predicted octanol–water partition coefficient (Wildman–Crippen LogP) is 1.29. The zero-order valence-electron chi connectivity index (χ0n) is 12.1. The highest BCUT2D eigenvalue weighted by Crippen LogP contribution is 2.46. The number of hydrogen-bond acceptors (Lipinski definition) is 3. The van der Waals surface area contributed by atoms with Gasteiger partial charge in [0, 0.05) is 24.0 Å². The van der Waals surface area contributed by atoms with Gasteiger partial charge < -0.3 is 15.1 Å². The van der Waals surface area contributed by atoms with E-state index in [-0.39, 0.29) is 24.7 Å². The van der Waals surface area contributed by atoms with Crippen LogP contribution in [-0.2, 0) is 14.4 Å². The third kappa shape index (κ3) is 2.57. The van der Waals surface area contributed by atoms with Crippen molar-refractivity contribution in [3.63, 3.8) is 0 Å². The van der Waals surface area contributed by atoms with Crippen LogP contribution in [-0.4, -0.2) is 45.5 Å². The van der Waals surface area contributed by atoms with Crippen molar-refractivity contribution in [1.29, 1.82) is 0 Å². The highest BCUT2D eigenvalue weighted by Gasteiger charge is 2.50. The molecule has 0 bridgehead atoms. The summed E-state index contributed by atoms with van der Waals surface area (Å²) in [5.74, 6) is -2.40. The van der Waals surface area contributed by atoms with E-state index in [1.165, 1.54) is 4.90 Å². The minimum Gasteiger partial charge on any atom is -0.481 e. The van der Waals surface area contributed by atoms with Crippen molar-refractivity contribution < 1.29 is 24.6 Å². The van der Waals surface area contributed by atoms with Crippen LogP contribution in [0.1, 0.15) is 26.7 Å². The molecule has 0 aromatic rings. The van der Waals surface area contributed by atoms with E-state index in [0.717, 1.165) is 0 Å². The fourth-order valence-corrected chi connectivity index (χ4v) is 3.02. The third-order valence-corrected chi connectivity index (χ3v) is 4.57. The molecule has 21 heavy (non-hydrogen) atoms. The lowest BCUT2D eigenvalue weighted by atomic mass is 9.71. The Bertz CT molecular complexity index is 550. The molecular formula is C15H19NO5. The molecule has 1 amide bonds. The number of carboxylic acid groups (broad SMARTS) is 2. The average Bonchev–Trinajstić information content (AvgIpc) is 2.64. The SMILES string of the molecule is CC1C=CC=C2C(=O)N(C(CCC(=O)O)C(=O)O)CC21C. The molecule has 2 rings (SSSR count). The van der Waals surface area contributed by atoms with Crippen LogP contribution >= 0.6 is 0 Å². The maximum Gasteiger partial charge on any atom is 0.326 e. The van der Waals surface area contributed by atoms with Gasteiger partial charge in [0.05, 0.1) is 0 Å². The maximum atomic E-state index is 12.5. The number of rotatable bonds is 5. The summed E-state index contributed by atoms with van der Waals surface area (Å²) in [5, 5.41) is 18.1. The molecule has 0 aromatic heterocycles. The van der Waals surface area contributed by atoms with Gasteiger partial charge in [-0.1, -0.05) is 32.1 Å². The molecule has 3 atom stereocenters. The Kier molecular flexibility index (Phi) is 3.89. The Labute approximate surface area is 122 Å². The molecule has 3 unspecified atom stereocenters. The van der Waals surface area contributed by atoms with Crippen LogP contribution in [0.5, 0.6) is 0 Å². The molecule has 1 aliphatic heterocycles. The Morgan fingerprint density at radius 3 is 2.67 bits per heavy atom. The zero-order valence-corrected chi connectivity index (χ0v) is 12.1. The lowest BCUT2D eigenvalue weighted by Gasteiger charge is -2.32. The van der Waals surface area contributed by atoms with Gasteiger partial charge in [0.25, 0.3) is 5.91 Å². The second-order valence-corrected chi connectivity index (χ2v) is 5.89. The summed E-state index contributed by atoms with van der Waals surface area (Å²) in [6.07, 6.45) is 5.19. The molecule has 0 radical (unpaired) electrons. The Morgan fingerprint density at radius 1 is 1.48 bits per heavy atom. The van der Waals surface area contributed by atoms with E-state index in [0.29, 0.717) is 12.1 Å². The summed E-state index contributed by atoms with van der Waals surface area (Å²) in [7, 11) is 0. The molecule has 1 heterocycles. The first-order valence-electron chi connectivity index (χ1n) is 6.92. The van der Waals surface area contributed by atoms with Gasteiger partial charge in [-0.15, -0.1) is 0 Å². The first-order valence-corrected chi connectivity index (χ1v) is 6.92. The van der Waals surface area contributed by atoms with Gasteiger partial charge in [0.1, 0.15) is 6.04 Å². The van der Waals surface area contributed by atoms with E-state index in [2.05, 4.69) is 0 Å². The average molecular weight is 293 g/mol. The quantitative estimate of drug-likeness (QED) is 0.796. The zero-order chi connectivity index (χ0) is 15.8. The smallest absolute Gasteiger partial charge is 0.326 e. The lowest BCUT2D eigenvalue weighted by Crippen LogP contribution is -2.43. The number of likely N-dealkylation sites (tertiary alicyclic amines) is 1. The number of hydrogen-bond donors (Lipinski definition) is 2. The van der Waals surface area contributed by atoms with E-state index in [4.69, 9.17) is 5.11 Å². The number of carbonyl (C=O) groups excluding carboxylic acids is 1. The van der Waals surface area contributed by atoms with Crippen LogP contribution in [0.2, 0.25) is 0 Å². The second kappa shape index (κ2) is 5.35. The van der Waals surface area contributed by atoms with E-state index in [1.54, 1.807) is 6.08 Å². The molecule has 0 spiro atoms. The Hall–Kier alpha value is -2.11.